The molecule has 0 heterocycles. The van der Waals surface area contributed by atoms with Gasteiger partial charge in [-0.05, 0) is 37.5 Å². The molecule has 100 valence electrons. The lowest BCUT2D eigenvalue weighted by Gasteiger charge is -2.17. The molecule has 0 saturated heterocycles. The Balaban J connectivity index is 1.86. The van der Waals surface area contributed by atoms with Crippen molar-refractivity contribution in [1.29, 1.82) is 5.26 Å². The summed E-state index contributed by atoms with van der Waals surface area (Å²) in [6, 6.07) is 9.52. The molecule has 0 unspecified atom stereocenters. The molecule has 1 aliphatic rings. The van der Waals surface area contributed by atoms with Crippen LogP contribution in [0, 0.1) is 11.3 Å². The number of hydrogen-bond donors (Lipinski definition) is 2. The third-order valence-corrected chi connectivity index (χ3v) is 3.58. The molecule has 1 aliphatic carbocycles. The number of urea groups is 1. The van der Waals surface area contributed by atoms with Gasteiger partial charge >= 0.3 is 6.03 Å². The van der Waals surface area contributed by atoms with Crippen LogP contribution in [0.4, 0.5) is 4.79 Å². The molecule has 4 nitrogen and oxygen atoms in total. The SMILES string of the molecule is C[C@H](NC(=O)NC1CCCC1)c1ccc(C#N)cc1. The smallest absolute Gasteiger partial charge is 0.315 e. The van der Waals surface area contributed by atoms with E-state index in [0.717, 1.165) is 18.4 Å². The van der Waals surface area contributed by atoms with Gasteiger partial charge in [-0.25, -0.2) is 4.79 Å². The molecule has 0 aliphatic heterocycles. The number of nitrogens with zero attached hydrogens (tertiary/aromatic N) is 1. The normalized spacial score (nSPS) is 16.6. The third kappa shape index (κ3) is 3.72. The molecule has 1 fully saturated rings. The molecule has 19 heavy (non-hydrogen) atoms. The molecule has 0 aromatic heterocycles. The van der Waals surface area contributed by atoms with Crippen LogP contribution in [0.25, 0.3) is 0 Å². The predicted octanol–water partition coefficient (Wildman–Crippen LogP) is 2.86. The van der Waals surface area contributed by atoms with E-state index < -0.39 is 0 Å². The first-order chi connectivity index (χ1) is 9.19. The van der Waals surface area contributed by atoms with Crippen LogP contribution in [0.1, 0.15) is 49.8 Å². The van der Waals surface area contributed by atoms with E-state index in [4.69, 9.17) is 5.26 Å². The van der Waals surface area contributed by atoms with E-state index in [9.17, 15) is 4.79 Å². The number of amides is 2. The van der Waals surface area contributed by atoms with Gasteiger partial charge in [0.1, 0.15) is 0 Å². The van der Waals surface area contributed by atoms with Crippen LogP contribution in [0.5, 0.6) is 0 Å². The van der Waals surface area contributed by atoms with Crippen molar-refractivity contribution < 1.29 is 4.79 Å². The average Bonchev–Trinajstić information content (AvgIpc) is 2.91. The maximum absolute atomic E-state index is 11.8. The average molecular weight is 257 g/mol. The van der Waals surface area contributed by atoms with Crippen molar-refractivity contribution in [2.24, 2.45) is 0 Å². The second kappa shape index (κ2) is 6.24. The topological polar surface area (TPSA) is 64.9 Å². The number of rotatable bonds is 3. The molecule has 2 rings (SSSR count). The predicted molar refractivity (Wildman–Crippen MR) is 73.5 cm³/mol. The van der Waals surface area contributed by atoms with Gasteiger partial charge in [0.15, 0.2) is 0 Å². The van der Waals surface area contributed by atoms with Gasteiger partial charge in [0, 0.05) is 6.04 Å². The van der Waals surface area contributed by atoms with Crippen LogP contribution < -0.4 is 10.6 Å². The molecular formula is C15H19N3O. The Labute approximate surface area is 113 Å². The fourth-order valence-corrected chi connectivity index (χ4v) is 2.42. The summed E-state index contributed by atoms with van der Waals surface area (Å²) in [5.41, 5.74) is 1.63. The maximum Gasteiger partial charge on any atom is 0.315 e. The van der Waals surface area contributed by atoms with Gasteiger partial charge in [0.2, 0.25) is 0 Å². The number of benzene rings is 1. The molecular weight excluding hydrogens is 238 g/mol. The first-order valence-corrected chi connectivity index (χ1v) is 6.76. The zero-order valence-electron chi connectivity index (χ0n) is 11.1. The number of nitriles is 1. The second-order valence-corrected chi connectivity index (χ2v) is 5.05. The van der Waals surface area contributed by atoms with Crippen molar-refractivity contribution in [1.82, 2.24) is 10.6 Å². The van der Waals surface area contributed by atoms with E-state index >= 15 is 0 Å². The van der Waals surface area contributed by atoms with Crippen LogP contribution in [0.15, 0.2) is 24.3 Å². The molecule has 1 saturated carbocycles. The minimum atomic E-state index is -0.108. The molecule has 0 radical (unpaired) electrons. The van der Waals surface area contributed by atoms with Crippen LogP contribution in [-0.4, -0.2) is 12.1 Å². The largest absolute Gasteiger partial charge is 0.335 e. The Kier molecular flexibility index (Phi) is 4.40. The minimum absolute atomic E-state index is 0.0610. The van der Waals surface area contributed by atoms with E-state index in [1.807, 2.05) is 19.1 Å². The summed E-state index contributed by atoms with van der Waals surface area (Å²) in [7, 11) is 0. The van der Waals surface area contributed by atoms with Crippen molar-refractivity contribution in [3.63, 3.8) is 0 Å². The van der Waals surface area contributed by atoms with Gasteiger partial charge in [0.05, 0.1) is 17.7 Å². The van der Waals surface area contributed by atoms with E-state index in [1.54, 1.807) is 12.1 Å². The highest BCUT2D eigenvalue weighted by molar-refractivity contribution is 5.74. The Hall–Kier alpha value is -2.02. The summed E-state index contributed by atoms with van der Waals surface area (Å²) in [4.78, 5) is 11.8. The highest BCUT2D eigenvalue weighted by atomic mass is 16.2. The third-order valence-electron chi connectivity index (χ3n) is 3.58. The van der Waals surface area contributed by atoms with Crippen LogP contribution >= 0.6 is 0 Å². The van der Waals surface area contributed by atoms with E-state index in [1.165, 1.54) is 12.8 Å². The quantitative estimate of drug-likeness (QED) is 0.874. The Morgan fingerprint density at radius 1 is 1.32 bits per heavy atom. The number of carbonyl (C=O) groups excluding carboxylic acids is 1. The highest BCUT2D eigenvalue weighted by Crippen LogP contribution is 2.18. The molecule has 0 spiro atoms. The molecule has 1 atom stereocenters. The molecule has 2 N–H and O–H groups in total. The zero-order chi connectivity index (χ0) is 13.7. The van der Waals surface area contributed by atoms with Crippen molar-refractivity contribution in [3.05, 3.63) is 35.4 Å². The lowest BCUT2D eigenvalue weighted by atomic mass is 10.1. The van der Waals surface area contributed by atoms with Crippen LogP contribution in [0.3, 0.4) is 0 Å². The van der Waals surface area contributed by atoms with Gasteiger partial charge in [-0.15, -0.1) is 0 Å². The van der Waals surface area contributed by atoms with Crippen molar-refractivity contribution >= 4 is 6.03 Å². The monoisotopic (exact) mass is 257 g/mol. The molecule has 1 aromatic rings. The van der Waals surface area contributed by atoms with Gasteiger partial charge < -0.3 is 10.6 Å². The Bertz CT molecular complexity index is 469. The first-order valence-electron chi connectivity index (χ1n) is 6.76. The summed E-state index contributed by atoms with van der Waals surface area (Å²) in [5.74, 6) is 0. The van der Waals surface area contributed by atoms with Crippen molar-refractivity contribution in [2.45, 2.75) is 44.7 Å². The van der Waals surface area contributed by atoms with E-state index in [-0.39, 0.29) is 12.1 Å². The van der Waals surface area contributed by atoms with Crippen LogP contribution in [0.2, 0.25) is 0 Å². The summed E-state index contributed by atoms with van der Waals surface area (Å²) >= 11 is 0. The fraction of sp³-hybridized carbons (Fsp3) is 0.467. The van der Waals surface area contributed by atoms with Gasteiger partial charge in [-0.3, -0.25) is 0 Å². The highest BCUT2D eigenvalue weighted by Gasteiger charge is 2.18. The second-order valence-electron chi connectivity index (χ2n) is 5.05. The molecule has 1 aromatic carbocycles. The standard InChI is InChI=1S/C15H19N3O/c1-11(13-8-6-12(10-16)7-9-13)17-15(19)18-14-4-2-3-5-14/h6-9,11,14H,2-5H2,1H3,(H2,17,18,19)/t11-/m0/s1. The van der Waals surface area contributed by atoms with E-state index in [2.05, 4.69) is 16.7 Å². The summed E-state index contributed by atoms with van der Waals surface area (Å²) in [6.45, 7) is 1.94. The molecule has 2 amide bonds. The van der Waals surface area contributed by atoms with Gasteiger partial charge in [-0.1, -0.05) is 25.0 Å². The lowest BCUT2D eigenvalue weighted by molar-refractivity contribution is 0.234. The Morgan fingerprint density at radius 3 is 2.53 bits per heavy atom. The first kappa shape index (κ1) is 13.4. The van der Waals surface area contributed by atoms with E-state index in [0.29, 0.717) is 11.6 Å². The number of nitrogens with one attached hydrogen (secondary N) is 2. The van der Waals surface area contributed by atoms with Crippen molar-refractivity contribution in [3.8, 4) is 6.07 Å². The number of hydrogen-bond acceptors (Lipinski definition) is 2. The number of carbonyl (C=O) groups is 1. The van der Waals surface area contributed by atoms with Crippen LogP contribution in [-0.2, 0) is 0 Å². The Morgan fingerprint density at radius 2 is 1.95 bits per heavy atom. The fourth-order valence-electron chi connectivity index (χ4n) is 2.42. The van der Waals surface area contributed by atoms with Crippen molar-refractivity contribution in [2.75, 3.05) is 0 Å². The zero-order valence-corrected chi connectivity index (χ0v) is 11.1. The summed E-state index contributed by atoms with van der Waals surface area (Å²) < 4.78 is 0. The summed E-state index contributed by atoms with van der Waals surface area (Å²) in [6.07, 6.45) is 4.57. The summed E-state index contributed by atoms with van der Waals surface area (Å²) in [5, 5.41) is 14.7. The van der Waals surface area contributed by atoms with Gasteiger partial charge in [-0.2, -0.15) is 5.26 Å². The van der Waals surface area contributed by atoms with Gasteiger partial charge in [0.25, 0.3) is 0 Å². The maximum atomic E-state index is 11.8. The lowest BCUT2D eigenvalue weighted by Crippen LogP contribution is -2.41. The molecule has 4 heteroatoms. The molecule has 0 bridgehead atoms. The minimum Gasteiger partial charge on any atom is -0.335 e.